The summed E-state index contributed by atoms with van der Waals surface area (Å²) in [5.41, 5.74) is 5.93. The van der Waals surface area contributed by atoms with Gasteiger partial charge in [-0.2, -0.15) is 0 Å². The molecule has 0 aliphatic heterocycles. The van der Waals surface area contributed by atoms with Gasteiger partial charge in [-0.15, -0.1) is 0 Å². The Labute approximate surface area is 92.8 Å². The average Bonchev–Trinajstić information content (AvgIpc) is 2.24. The van der Waals surface area contributed by atoms with Crippen molar-refractivity contribution in [3.05, 3.63) is 0 Å². The molecule has 0 radical (unpaired) electrons. The Bertz CT molecular complexity index is 206. The first-order chi connectivity index (χ1) is 7.15. The number of carbonyl (C=O) groups is 1. The van der Waals surface area contributed by atoms with Gasteiger partial charge in [0, 0.05) is 18.5 Å². The Balaban J connectivity index is 2.37. The minimum atomic E-state index is 0.128. The summed E-state index contributed by atoms with van der Waals surface area (Å²) in [4.78, 5) is 11.8. The van der Waals surface area contributed by atoms with E-state index in [1.807, 2.05) is 6.92 Å². The summed E-state index contributed by atoms with van der Waals surface area (Å²) in [5.74, 6) is 0.824. The maximum absolute atomic E-state index is 11.8. The van der Waals surface area contributed by atoms with Crippen LogP contribution in [0, 0.1) is 11.8 Å². The molecule has 0 bridgehead atoms. The van der Waals surface area contributed by atoms with E-state index >= 15 is 0 Å². The van der Waals surface area contributed by atoms with E-state index < -0.39 is 0 Å². The summed E-state index contributed by atoms with van der Waals surface area (Å²) in [6.45, 7) is 4.90. The van der Waals surface area contributed by atoms with E-state index in [0.29, 0.717) is 12.0 Å². The van der Waals surface area contributed by atoms with Gasteiger partial charge in [0.25, 0.3) is 0 Å². The predicted molar refractivity (Wildman–Crippen MR) is 62.4 cm³/mol. The lowest BCUT2D eigenvalue weighted by atomic mass is 9.78. The zero-order valence-corrected chi connectivity index (χ0v) is 9.96. The molecule has 0 aromatic rings. The van der Waals surface area contributed by atoms with Crippen LogP contribution in [-0.2, 0) is 4.79 Å². The van der Waals surface area contributed by atoms with Gasteiger partial charge in [0.15, 0.2) is 0 Å². The fourth-order valence-corrected chi connectivity index (χ4v) is 2.34. The highest BCUT2D eigenvalue weighted by molar-refractivity contribution is 5.78. The van der Waals surface area contributed by atoms with Gasteiger partial charge in [-0.3, -0.25) is 4.79 Å². The van der Waals surface area contributed by atoms with E-state index in [9.17, 15) is 4.79 Å². The van der Waals surface area contributed by atoms with Gasteiger partial charge in [-0.05, 0) is 31.6 Å². The van der Waals surface area contributed by atoms with Gasteiger partial charge in [-0.1, -0.05) is 20.3 Å². The molecule has 1 rings (SSSR count). The molecule has 3 nitrogen and oxygen atoms in total. The average molecular weight is 212 g/mol. The van der Waals surface area contributed by atoms with Crippen LogP contribution < -0.4 is 11.1 Å². The standard InChI is InChI=1S/C12H24N2O/c1-3-7-14-12(15)9(2)10-5-4-6-11(13)8-10/h9-11H,3-8,13H2,1-2H3,(H,14,15). The van der Waals surface area contributed by atoms with Crippen molar-refractivity contribution in [3.63, 3.8) is 0 Å². The van der Waals surface area contributed by atoms with E-state index in [0.717, 1.165) is 32.2 Å². The molecule has 1 aliphatic carbocycles. The molecular formula is C12H24N2O. The Kier molecular flexibility index (Phi) is 5.09. The first kappa shape index (κ1) is 12.5. The lowest BCUT2D eigenvalue weighted by Gasteiger charge is -2.30. The SMILES string of the molecule is CCCNC(=O)C(C)C1CCCC(N)C1. The van der Waals surface area contributed by atoms with Gasteiger partial charge in [-0.25, -0.2) is 0 Å². The van der Waals surface area contributed by atoms with Crippen LogP contribution in [0.15, 0.2) is 0 Å². The van der Waals surface area contributed by atoms with E-state index in [1.165, 1.54) is 6.42 Å². The van der Waals surface area contributed by atoms with Crippen LogP contribution in [0.2, 0.25) is 0 Å². The number of nitrogens with two attached hydrogens (primary N) is 1. The van der Waals surface area contributed by atoms with Crippen LogP contribution >= 0.6 is 0 Å². The highest BCUT2D eigenvalue weighted by Gasteiger charge is 2.28. The van der Waals surface area contributed by atoms with Crippen molar-refractivity contribution < 1.29 is 4.79 Å². The lowest BCUT2D eigenvalue weighted by Crippen LogP contribution is -2.38. The largest absolute Gasteiger partial charge is 0.356 e. The molecular weight excluding hydrogens is 188 g/mol. The fraction of sp³-hybridized carbons (Fsp3) is 0.917. The van der Waals surface area contributed by atoms with Crippen LogP contribution in [0.5, 0.6) is 0 Å². The molecule has 0 saturated heterocycles. The second-order valence-electron chi connectivity index (χ2n) is 4.77. The molecule has 3 N–H and O–H groups in total. The second kappa shape index (κ2) is 6.11. The minimum absolute atomic E-state index is 0.128. The molecule has 1 saturated carbocycles. The summed E-state index contributed by atoms with van der Waals surface area (Å²) < 4.78 is 0. The van der Waals surface area contributed by atoms with Crippen molar-refractivity contribution in [2.75, 3.05) is 6.54 Å². The number of carbonyl (C=O) groups excluding carboxylic acids is 1. The molecule has 3 heteroatoms. The summed E-state index contributed by atoms with van der Waals surface area (Å²) >= 11 is 0. The summed E-state index contributed by atoms with van der Waals surface area (Å²) in [6.07, 6.45) is 5.48. The second-order valence-corrected chi connectivity index (χ2v) is 4.77. The van der Waals surface area contributed by atoms with Gasteiger partial charge >= 0.3 is 0 Å². The molecule has 88 valence electrons. The van der Waals surface area contributed by atoms with Crippen molar-refractivity contribution >= 4 is 5.91 Å². The van der Waals surface area contributed by atoms with Crippen molar-refractivity contribution in [1.82, 2.24) is 5.32 Å². The molecule has 0 aromatic heterocycles. The first-order valence-electron chi connectivity index (χ1n) is 6.18. The predicted octanol–water partition coefficient (Wildman–Crippen LogP) is 1.67. The molecule has 15 heavy (non-hydrogen) atoms. The monoisotopic (exact) mass is 212 g/mol. The van der Waals surface area contributed by atoms with Gasteiger partial charge in [0.1, 0.15) is 0 Å². The maximum atomic E-state index is 11.8. The third-order valence-electron chi connectivity index (χ3n) is 3.43. The van der Waals surface area contributed by atoms with Crippen LogP contribution in [0.25, 0.3) is 0 Å². The van der Waals surface area contributed by atoms with Crippen LogP contribution in [0.1, 0.15) is 46.0 Å². The van der Waals surface area contributed by atoms with Crippen molar-refractivity contribution in [2.24, 2.45) is 17.6 Å². The topological polar surface area (TPSA) is 55.1 Å². The Morgan fingerprint density at radius 2 is 2.27 bits per heavy atom. The number of nitrogens with one attached hydrogen (secondary N) is 1. The van der Waals surface area contributed by atoms with Crippen molar-refractivity contribution in [1.29, 1.82) is 0 Å². The van der Waals surface area contributed by atoms with Gasteiger partial charge in [0.05, 0.1) is 0 Å². The zero-order valence-electron chi connectivity index (χ0n) is 9.96. The van der Waals surface area contributed by atoms with Crippen LogP contribution in [0.3, 0.4) is 0 Å². The molecule has 0 heterocycles. The number of amides is 1. The lowest BCUT2D eigenvalue weighted by molar-refractivity contribution is -0.126. The minimum Gasteiger partial charge on any atom is -0.356 e. The zero-order chi connectivity index (χ0) is 11.3. The van der Waals surface area contributed by atoms with E-state index in [4.69, 9.17) is 5.73 Å². The molecule has 3 unspecified atom stereocenters. The maximum Gasteiger partial charge on any atom is 0.223 e. The molecule has 0 aromatic carbocycles. The van der Waals surface area contributed by atoms with Gasteiger partial charge < -0.3 is 11.1 Å². The van der Waals surface area contributed by atoms with Crippen LogP contribution in [-0.4, -0.2) is 18.5 Å². The van der Waals surface area contributed by atoms with Crippen LogP contribution in [0.4, 0.5) is 0 Å². The smallest absolute Gasteiger partial charge is 0.223 e. The highest BCUT2D eigenvalue weighted by atomic mass is 16.1. The molecule has 1 amide bonds. The Morgan fingerprint density at radius 1 is 1.53 bits per heavy atom. The quantitative estimate of drug-likeness (QED) is 0.744. The third-order valence-corrected chi connectivity index (χ3v) is 3.43. The molecule has 0 spiro atoms. The number of hydrogen-bond acceptors (Lipinski definition) is 2. The van der Waals surface area contributed by atoms with Crippen molar-refractivity contribution in [3.8, 4) is 0 Å². The first-order valence-corrected chi connectivity index (χ1v) is 6.18. The molecule has 3 atom stereocenters. The van der Waals surface area contributed by atoms with Crippen molar-refractivity contribution in [2.45, 2.75) is 52.0 Å². The van der Waals surface area contributed by atoms with Gasteiger partial charge in [0.2, 0.25) is 5.91 Å². The molecule has 1 fully saturated rings. The number of rotatable bonds is 4. The number of hydrogen-bond donors (Lipinski definition) is 2. The Morgan fingerprint density at radius 3 is 2.87 bits per heavy atom. The third kappa shape index (κ3) is 3.82. The summed E-state index contributed by atoms with van der Waals surface area (Å²) in [6, 6.07) is 0.310. The summed E-state index contributed by atoms with van der Waals surface area (Å²) in [5, 5.41) is 2.96. The molecule has 1 aliphatic rings. The fourth-order valence-electron chi connectivity index (χ4n) is 2.34. The summed E-state index contributed by atoms with van der Waals surface area (Å²) in [7, 11) is 0. The van der Waals surface area contributed by atoms with E-state index in [-0.39, 0.29) is 11.8 Å². The van der Waals surface area contributed by atoms with E-state index in [2.05, 4.69) is 12.2 Å². The highest BCUT2D eigenvalue weighted by Crippen LogP contribution is 2.29. The normalized spacial score (nSPS) is 28.5. The Hall–Kier alpha value is -0.570. The van der Waals surface area contributed by atoms with E-state index in [1.54, 1.807) is 0 Å².